The molecule has 0 aliphatic heterocycles. The van der Waals surface area contributed by atoms with Gasteiger partial charge >= 0.3 is 5.97 Å². The summed E-state index contributed by atoms with van der Waals surface area (Å²) in [6.45, 7) is 5.47. The lowest BCUT2D eigenvalue weighted by molar-refractivity contribution is 0.00634. The molecule has 1 heterocycles. The fraction of sp³-hybridized carbons (Fsp3) is 0.333. The zero-order chi connectivity index (χ0) is 14.9. The summed E-state index contributed by atoms with van der Waals surface area (Å²) in [4.78, 5) is 16.3. The van der Waals surface area contributed by atoms with Crippen LogP contribution in [0.3, 0.4) is 0 Å². The fourth-order valence-corrected chi connectivity index (χ4v) is 2.01. The number of rotatable bonds is 2. The van der Waals surface area contributed by atoms with Crippen molar-refractivity contribution < 1.29 is 9.53 Å². The number of nitrogens with zero attached hydrogens (tertiary/aromatic N) is 2. The van der Waals surface area contributed by atoms with Gasteiger partial charge in [0.1, 0.15) is 11.4 Å². The zero-order valence-corrected chi connectivity index (χ0v) is 12.7. The van der Waals surface area contributed by atoms with Crippen molar-refractivity contribution >= 4 is 17.6 Å². The molecule has 0 N–H and O–H groups in total. The highest BCUT2D eigenvalue weighted by molar-refractivity contribution is 6.33. The lowest BCUT2D eigenvalue weighted by atomic mass is 10.2. The molecule has 2 rings (SSSR count). The Labute approximate surface area is 123 Å². The lowest BCUT2D eigenvalue weighted by Gasteiger charge is -2.18. The van der Waals surface area contributed by atoms with Crippen LogP contribution in [0.1, 0.15) is 31.3 Å². The van der Waals surface area contributed by atoms with Crippen molar-refractivity contribution in [1.29, 1.82) is 0 Å². The number of carbonyl (C=O) groups excluding carboxylic acids is 1. The number of hydrogen-bond donors (Lipinski definition) is 0. The van der Waals surface area contributed by atoms with Crippen LogP contribution >= 0.6 is 11.6 Å². The van der Waals surface area contributed by atoms with E-state index in [9.17, 15) is 4.79 Å². The van der Waals surface area contributed by atoms with Crippen LogP contribution < -0.4 is 0 Å². The lowest BCUT2D eigenvalue weighted by Crippen LogP contribution is -2.24. The van der Waals surface area contributed by atoms with Crippen LogP contribution in [0.15, 0.2) is 30.5 Å². The Morgan fingerprint density at radius 2 is 1.95 bits per heavy atom. The molecule has 0 fully saturated rings. The van der Waals surface area contributed by atoms with Gasteiger partial charge in [-0.3, -0.25) is 0 Å². The van der Waals surface area contributed by atoms with E-state index in [1.54, 1.807) is 16.8 Å². The van der Waals surface area contributed by atoms with Gasteiger partial charge in [-0.1, -0.05) is 23.7 Å². The summed E-state index contributed by atoms with van der Waals surface area (Å²) in [6, 6.07) is 7.38. The van der Waals surface area contributed by atoms with Gasteiger partial charge in [-0.25, -0.2) is 9.78 Å². The van der Waals surface area contributed by atoms with Crippen LogP contribution in [-0.4, -0.2) is 21.1 Å². The Kier molecular flexibility index (Phi) is 3.86. The van der Waals surface area contributed by atoms with E-state index in [2.05, 4.69) is 4.98 Å². The van der Waals surface area contributed by atoms with Crippen molar-refractivity contribution in [2.24, 2.45) is 7.05 Å². The molecule has 1 aromatic carbocycles. The van der Waals surface area contributed by atoms with E-state index in [0.29, 0.717) is 10.8 Å². The monoisotopic (exact) mass is 292 g/mol. The average molecular weight is 293 g/mol. The maximum absolute atomic E-state index is 12.0. The zero-order valence-electron chi connectivity index (χ0n) is 12.0. The van der Waals surface area contributed by atoms with Gasteiger partial charge in [-0.15, -0.1) is 0 Å². The van der Waals surface area contributed by atoms with Crippen LogP contribution in [0, 0.1) is 0 Å². The first-order valence-electron chi connectivity index (χ1n) is 6.29. The number of ether oxygens (including phenoxy) is 1. The van der Waals surface area contributed by atoms with E-state index in [-0.39, 0.29) is 5.69 Å². The van der Waals surface area contributed by atoms with Gasteiger partial charge in [-0.05, 0) is 32.9 Å². The van der Waals surface area contributed by atoms with Gasteiger partial charge in [0.2, 0.25) is 0 Å². The molecule has 0 saturated heterocycles. The molecule has 0 atom stereocenters. The molecule has 20 heavy (non-hydrogen) atoms. The van der Waals surface area contributed by atoms with Crippen molar-refractivity contribution in [1.82, 2.24) is 9.55 Å². The number of imidazole rings is 1. The molecule has 2 aromatic rings. The van der Waals surface area contributed by atoms with Crippen LogP contribution in [0.5, 0.6) is 0 Å². The van der Waals surface area contributed by atoms with Gasteiger partial charge in [0.15, 0.2) is 5.69 Å². The van der Waals surface area contributed by atoms with E-state index in [1.165, 1.54) is 0 Å². The minimum atomic E-state index is -0.542. The standard InChI is InChI=1S/C15H17ClN2O2/c1-15(2,3)20-14(19)12-9-18(4)13(17-12)10-7-5-6-8-11(10)16/h5-9H,1-4H3. The second kappa shape index (κ2) is 5.29. The second-order valence-corrected chi connectivity index (χ2v) is 5.95. The summed E-state index contributed by atoms with van der Waals surface area (Å²) >= 11 is 6.16. The van der Waals surface area contributed by atoms with Gasteiger partial charge in [0, 0.05) is 18.8 Å². The van der Waals surface area contributed by atoms with Crippen LogP contribution in [0.4, 0.5) is 0 Å². The number of benzene rings is 1. The third kappa shape index (κ3) is 3.20. The van der Waals surface area contributed by atoms with Gasteiger partial charge < -0.3 is 9.30 Å². The second-order valence-electron chi connectivity index (χ2n) is 5.54. The molecule has 0 radical (unpaired) electrons. The SMILES string of the molecule is Cn1cc(C(=O)OC(C)(C)C)nc1-c1ccccc1Cl. The number of esters is 1. The number of aromatic nitrogens is 2. The Morgan fingerprint density at radius 1 is 1.30 bits per heavy atom. The Hall–Kier alpha value is -1.81. The molecule has 0 saturated carbocycles. The van der Waals surface area contributed by atoms with Crippen molar-refractivity contribution in [2.75, 3.05) is 0 Å². The highest BCUT2D eigenvalue weighted by atomic mass is 35.5. The van der Waals surface area contributed by atoms with Crippen LogP contribution in [0.2, 0.25) is 5.02 Å². The number of carbonyl (C=O) groups is 1. The minimum absolute atomic E-state index is 0.275. The van der Waals surface area contributed by atoms with Gasteiger partial charge in [0.05, 0.1) is 5.02 Å². The molecule has 0 aliphatic rings. The van der Waals surface area contributed by atoms with E-state index < -0.39 is 11.6 Å². The highest BCUT2D eigenvalue weighted by Crippen LogP contribution is 2.26. The van der Waals surface area contributed by atoms with Crippen molar-refractivity contribution in [3.63, 3.8) is 0 Å². The van der Waals surface area contributed by atoms with Gasteiger partial charge in [0.25, 0.3) is 0 Å². The Balaban J connectivity index is 2.36. The fourth-order valence-electron chi connectivity index (χ4n) is 1.79. The molecule has 106 valence electrons. The van der Waals surface area contributed by atoms with E-state index in [1.807, 2.05) is 46.0 Å². The van der Waals surface area contributed by atoms with Crippen LogP contribution in [-0.2, 0) is 11.8 Å². The molecule has 1 aromatic heterocycles. The highest BCUT2D eigenvalue weighted by Gasteiger charge is 2.21. The molecule has 0 spiro atoms. The third-order valence-electron chi connectivity index (χ3n) is 2.60. The topological polar surface area (TPSA) is 44.1 Å². The molecule has 0 unspecified atom stereocenters. The normalized spacial score (nSPS) is 11.4. The third-order valence-corrected chi connectivity index (χ3v) is 2.93. The molecule has 0 bridgehead atoms. The first-order valence-corrected chi connectivity index (χ1v) is 6.67. The smallest absolute Gasteiger partial charge is 0.359 e. The molecule has 0 amide bonds. The Bertz CT molecular complexity index is 642. The summed E-state index contributed by atoms with van der Waals surface area (Å²) in [5.74, 6) is 0.197. The first kappa shape index (κ1) is 14.6. The largest absolute Gasteiger partial charge is 0.455 e. The van der Waals surface area contributed by atoms with E-state index in [0.717, 1.165) is 5.56 Å². The van der Waals surface area contributed by atoms with E-state index >= 15 is 0 Å². The van der Waals surface area contributed by atoms with E-state index in [4.69, 9.17) is 16.3 Å². The number of halogens is 1. The predicted molar refractivity (Wildman–Crippen MR) is 78.8 cm³/mol. The van der Waals surface area contributed by atoms with Crippen molar-refractivity contribution in [3.8, 4) is 11.4 Å². The van der Waals surface area contributed by atoms with Gasteiger partial charge in [-0.2, -0.15) is 0 Å². The predicted octanol–water partition coefficient (Wildman–Crippen LogP) is 3.70. The average Bonchev–Trinajstić information content (AvgIpc) is 2.70. The van der Waals surface area contributed by atoms with Crippen molar-refractivity contribution in [3.05, 3.63) is 41.2 Å². The van der Waals surface area contributed by atoms with Crippen LogP contribution in [0.25, 0.3) is 11.4 Å². The van der Waals surface area contributed by atoms with Crippen molar-refractivity contribution in [2.45, 2.75) is 26.4 Å². The molecular weight excluding hydrogens is 276 g/mol. The molecule has 5 heteroatoms. The maximum atomic E-state index is 12.0. The first-order chi connectivity index (χ1) is 9.28. The summed E-state index contributed by atoms with van der Waals surface area (Å²) < 4.78 is 7.07. The molecular formula is C15H17ClN2O2. The maximum Gasteiger partial charge on any atom is 0.359 e. The molecule has 4 nitrogen and oxygen atoms in total. The quantitative estimate of drug-likeness (QED) is 0.793. The summed E-state index contributed by atoms with van der Waals surface area (Å²) in [5, 5.41) is 0.594. The summed E-state index contributed by atoms with van der Waals surface area (Å²) in [6.07, 6.45) is 1.65. The number of aryl methyl sites for hydroxylation is 1. The Morgan fingerprint density at radius 3 is 2.55 bits per heavy atom. The molecule has 0 aliphatic carbocycles. The number of hydrogen-bond acceptors (Lipinski definition) is 3. The minimum Gasteiger partial charge on any atom is -0.455 e. The summed E-state index contributed by atoms with van der Waals surface area (Å²) in [7, 11) is 1.82. The summed E-state index contributed by atoms with van der Waals surface area (Å²) in [5.41, 5.74) is 0.517.